The zero-order chi connectivity index (χ0) is 42.9. The normalized spacial score (nSPS) is 18.9. The van der Waals surface area contributed by atoms with Crippen LogP contribution < -0.4 is 11.1 Å². The number of nitrogens with zero attached hydrogens (tertiary/aromatic N) is 1. The predicted molar refractivity (Wildman–Crippen MR) is 203 cm³/mol. The second-order valence-electron chi connectivity index (χ2n) is 16.4. The average Bonchev–Trinajstić information content (AvgIpc) is 3.78. The first-order valence-corrected chi connectivity index (χ1v) is 20.4. The van der Waals surface area contributed by atoms with E-state index in [0.717, 1.165) is 25.0 Å². The fraction of sp³-hybridized carbons (Fsp3) is 0.641. The van der Waals surface area contributed by atoms with E-state index in [1.807, 2.05) is 6.92 Å². The Morgan fingerprint density at radius 1 is 0.947 bits per heavy atom. The predicted octanol–water partition coefficient (Wildman–Crippen LogP) is 6.28. The highest BCUT2D eigenvalue weighted by Crippen LogP contribution is 2.67. The van der Waals surface area contributed by atoms with Gasteiger partial charge in [0, 0.05) is 24.4 Å². The number of hydrogen-bond acceptors (Lipinski definition) is 12. The molecule has 4 atom stereocenters. The van der Waals surface area contributed by atoms with Crippen LogP contribution in [0.15, 0.2) is 30.3 Å². The van der Waals surface area contributed by atoms with Crippen molar-refractivity contribution < 1.29 is 65.4 Å². The van der Waals surface area contributed by atoms with Crippen molar-refractivity contribution in [3.8, 4) is 0 Å². The highest BCUT2D eigenvalue weighted by Gasteiger charge is 2.58. The van der Waals surface area contributed by atoms with Gasteiger partial charge in [-0.2, -0.15) is 8.78 Å². The molecule has 0 aromatic heterocycles. The minimum atomic E-state index is -5.53. The van der Waals surface area contributed by atoms with Crippen molar-refractivity contribution in [2.75, 3.05) is 33.3 Å². The molecule has 1 unspecified atom stereocenters. The Morgan fingerprint density at radius 3 is 2.02 bits per heavy atom. The van der Waals surface area contributed by atoms with E-state index < -0.39 is 73.2 Å². The number of halogens is 2. The monoisotopic (exact) mass is 827 g/mol. The van der Waals surface area contributed by atoms with Gasteiger partial charge < -0.3 is 30.2 Å². The largest absolute Gasteiger partial charge is 0.448 e. The summed E-state index contributed by atoms with van der Waals surface area (Å²) in [5.41, 5.74) is -1.43. The van der Waals surface area contributed by atoms with Crippen molar-refractivity contribution >= 4 is 48.8 Å². The van der Waals surface area contributed by atoms with Crippen molar-refractivity contribution in [3.05, 3.63) is 41.5 Å². The number of ether oxygens (including phenoxy) is 3. The summed E-state index contributed by atoms with van der Waals surface area (Å²) in [5.74, 6) is -3.18. The first kappa shape index (κ1) is 47.2. The summed E-state index contributed by atoms with van der Waals surface area (Å²) in [6.45, 7) is 10.7. The summed E-state index contributed by atoms with van der Waals surface area (Å²) in [7, 11) is -5.53. The molecule has 1 heterocycles. The van der Waals surface area contributed by atoms with Crippen LogP contribution in [-0.2, 0) is 57.5 Å². The quantitative estimate of drug-likeness (QED) is 0.0372. The first-order chi connectivity index (χ1) is 26.4. The SMILES string of the molecule is CCCC[C@H](CC(=O)/C=C(\C)c1ccc(C(F)(F)P(=O)(OCOC(=O)C(C)(C)C)OCOC(=O)C(C)(C)C)cc1)C(=O)N1C[C@H]2CC2[C@H]1C(=O)NCCOC(N)=O. The van der Waals surface area contributed by atoms with Gasteiger partial charge in [0.15, 0.2) is 5.78 Å². The van der Waals surface area contributed by atoms with Gasteiger partial charge in [-0.05, 0) is 90.4 Å². The molecule has 1 aromatic carbocycles. The molecule has 1 saturated carbocycles. The Hall–Kier alpha value is -4.21. The molecular weight excluding hydrogens is 771 g/mol. The third kappa shape index (κ3) is 12.9. The number of alkyl halides is 2. The lowest BCUT2D eigenvalue weighted by Crippen LogP contribution is -2.50. The third-order valence-electron chi connectivity index (χ3n) is 9.51. The maximum Gasteiger partial charge on any atom is 0.410 e. The Labute approximate surface area is 332 Å². The minimum absolute atomic E-state index is 0.00932. The number of amides is 3. The molecule has 57 heavy (non-hydrogen) atoms. The first-order valence-electron chi connectivity index (χ1n) is 18.9. The standard InChI is InChI=1S/C39H56F2N3O12P/c1-9-10-11-26(33(47)44-21-27-20-30(27)31(44)32(46)43-16-17-52-36(42)50)19-29(45)18-24(2)25-12-14-28(15-13-25)39(40,41)57(51,55-22-53-34(48)37(3,4)5)56-23-54-35(49)38(6,7)8/h12-15,18,26-27,30-31H,9-11,16-17,19-23H2,1-8H3,(H2,42,50)(H,43,46)/b24-18+/t26-,27-,30?,31+/m1/s1. The van der Waals surface area contributed by atoms with Crippen LogP contribution in [0.25, 0.3) is 5.57 Å². The highest BCUT2D eigenvalue weighted by atomic mass is 31.2. The summed E-state index contributed by atoms with van der Waals surface area (Å²) in [4.78, 5) is 77.1. The molecule has 1 saturated heterocycles. The molecule has 0 bridgehead atoms. The molecule has 2 fully saturated rings. The van der Waals surface area contributed by atoms with Gasteiger partial charge in [-0.25, -0.2) is 4.79 Å². The number of hydrogen-bond donors (Lipinski definition) is 2. The molecule has 2 aliphatic rings. The van der Waals surface area contributed by atoms with Gasteiger partial charge in [-0.1, -0.05) is 44.0 Å². The van der Waals surface area contributed by atoms with Gasteiger partial charge in [0.25, 0.3) is 0 Å². The number of carbonyl (C=O) groups excluding carboxylic acids is 6. The lowest BCUT2D eigenvalue weighted by molar-refractivity contribution is -0.163. The summed E-state index contributed by atoms with van der Waals surface area (Å²) in [5, 5.41) is 2.69. The summed E-state index contributed by atoms with van der Waals surface area (Å²) in [6, 6.07) is 3.79. The maximum atomic E-state index is 16.0. The van der Waals surface area contributed by atoms with E-state index in [0.29, 0.717) is 30.5 Å². The molecule has 1 aliphatic carbocycles. The number of esters is 2. The zero-order valence-corrected chi connectivity index (χ0v) is 34.8. The smallest absolute Gasteiger partial charge is 0.410 e. The summed E-state index contributed by atoms with van der Waals surface area (Å²) in [6.07, 6.45) is 2.86. The van der Waals surface area contributed by atoms with Crippen molar-refractivity contribution in [1.82, 2.24) is 10.2 Å². The third-order valence-corrected chi connectivity index (χ3v) is 11.3. The molecule has 3 amide bonds. The lowest BCUT2D eigenvalue weighted by Gasteiger charge is -2.30. The number of fused-ring (bicyclic) bond motifs is 1. The van der Waals surface area contributed by atoms with Crippen LogP contribution in [0.2, 0.25) is 0 Å². The van der Waals surface area contributed by atoms with E-state index in [1.165, 1.54) is 59.8 Å². The number of likely N-dealkylation sites (tertiary alicyclic amines) is 1. The number of ketones is 1. The van der Waals surface area contributed by atoms with Crippen LogP contribution in [0.1, 0.15) is 98.6 Å². The average molecular weight is 828 g/mol. The maximum absolute atomic E-state index is 16.0. The number of primary amides is 1. The van der Waals surface area contributed by atoms with Crippen LogP contribution in [0, 0.1) is 28.6 Å². The Morgan fingerprint density at radius 2 is 1.51 bits per heavy atom. The number of nitrogens with one attached hydrogen (secondary N) is 1. The minimum Gasteiger partial charge on any atom is -0.448 e. The molecule has 3 rings (SSSR count). The molecule has 1 aliphatic heterocycles. The molecule has 0 spiro atoms. The fourth-order valence-electron chi connectivity index (χ4n) is 6.11. The number of carbonyl (C=O) groups is 6. The van der Waals surface area contributed by atoms with Crippen molar-refractivity contribution in [3.63, 3.8) is 0 Å². The summed E-state index contributed by atoms with van der Waals surface area (Å²) >= 11 is 0. The number of rotatable bonds is 20. The van der Waals surface area contributed by atoms with Gasteiger partial charge in [-0.3, -0.25) is 37.6 Å². The topological polar surface area (TPSA) is 207 Å². The van der Waals surface area contributed by atoms with Crippen molar-refractivity contribution in [1.29, 1.82) is 0 Å². The zero-order valence-electron chi connectivity index (χ0n) is 33.9. The summed E-state index contributed by atoms with van der Waals surface area (Å²) < 4.78 is 69.9. The number of benzene rings is 1. The van der Waals surface area contributed by atoms with Crippen LogP contribution >= 0.6 is 7.60 Å². The van der Waals surface area contributed by atoms with Crippen LogP contribution in [0.5, 0.6) is 0 Å². The van der Waals surface area contributed by atoms with Crippen molar-refractivity contribution in [2.45, 2.75) is 99.2 Å². The number of nitrogens with two attached hydrogens (primary N) is 1. The van der Waals surface area contributed by atoms with E-state index in [-0.39, 0.29) is 49.0 Å². The van der Waals surface area contributed by atoms with Crippen molar-refractivity contribution in [2.24, 2.45) is 34.3 Å². The lowest BCUT2D eigenvalue weighted by atomic mass is 9.92. The molecular formula is C39H56F2N3O12P. The van der Waals surface area contributed by atoms with Gasteiger partial charge in [-0.15, -0.1) is 0 Å². The molecule has 3 N–H and O–H groups in total. The van der Waals surface area contributed by atoms with Gasteiger partial charge in [0.1, 0.15) is 12.6 Å². The number of piperidine rings is 1. The molecule has 18 heteroatoms. The van der Waals surface area contributed by atoms with Crippen LogP contribution in [0.3, 0.4) is 0 Å². The number of unbranched alkanes of at least 4 members (excludes halogenated alkanes) is 1. The van der Waals surface area contributed by atoms with Crippen LogP contribution in [-0.4, -0.2) is 79.9 Å². The van der Waals surface area contributed by atoms with E-state index in [9.17, 15) is 33.3 Å². The second-order valence-corrected chi connectivity index (χ2v) is 18.4. The second kappa shape index (κ2) is 19.5. The van der Waals surface area contributed by atoms with Crippen LogP contribution in [0.4, 0.5) is 13.6 Å². The Bertz CT molecular complexity index is 1690. The Balaban J connectivity index is 1.75. The molecule has 1 aromatic rings. The molecule has 15 nitrogen and oxygen atoms in total. The molecule has 318 valence electrons. The highest BCUT2D eigenvalue weighted by molar-refractivity contribution is 7.54. The van der Waals surface area contributed by atoms with E-state index in [1.54, 1.807) is 11.8 Å². The fourth-order valence-corrected chi connectivity index (χ4v) is 7.35. The number of allylic oxidation sites excluding steroid dienone is 2. The van der Waals surface area contributed by atoms with E-state index in [2.05, 4.69) is 10.1 Å². The van der Waals surface area contributed by atoms with Gasteiger partial charge >= 0.3 is 31.3 Å². The van der Waals surface area contributed by atoms with E-state index >= 15 is 8.78 Å². The Kier molecular flexibility index (Phi) is 16.1. The van der Waals surface area contributed by atoms with Gasteiger partial charge in [0.2, 0.25) is 25.4 Å². The van der Waals surface area contributed by atoms with E-state index in [4.69, 9.17) is 24.3 Å². The molecule has 0 radical (unpaired) electrons. The van der Waals surface area contributed by atoms with Gasteiger partial charge in [0.05, 0.1) is 17.4 Å².